The van der Waals surface area contributed by atoms with E-state index < -0.39 is 0 Å². The maximum absolute atomic E-state index is 12.8. The fourth-order valence-corrected chi connectivity index (χ4v) is 2.87. The molecule has 1 atom stereocenters. The number of hydrogen-bond acceptors (Lipinski definition) is 3. The van der Waals surface area contributed by atoms with Crippen LogP contribution in [0, 0.1) is 5.82 Å². The summed E-state index contributed by atoms with van der Waals surface area (Å²) in [5.74, 6) is 0.533. The molecular weight excluding hydrogens is 255 g/mol. The smallest absolute Gasteiger partial charge is 0.123 e. The Bertz CT molecular complexity index is 413. The molecule has 110 valence electrons. The van der Waals surface area contributed by atoms with Crippen molar-refractivity contribution in [2.45, 2.75) is 37.8 Å². The van der Waals surface area contributed by atoms with E-state index in [1.165, 1.54) is 37.8 Å². The molecule has 0 amide bonds. The van der Waals surface area contributed by atoms with Gasteiger partial charge >= 0.3 is 0 Å². The standard InChI is InChI=1S/C16H23FN2O/c17-13-3-7-16(8-4-13)20-11-10-19(15-5-6-15)12-14-2-1-9-18-14/h3-4,7-8,14-15,18H,1-2,5-6,9-12H2. The van der Waals surface area contributed by atoms with Crippen LogP contribution < -0.4 is 10.1 Å². The van der Waals surface area contributed by atoms with E-state index >= 15 is 0 Å². The van der Waals surface area contributed by atoms with E-state index in [0.29, 0.717) is 12.6 Å². The zero-order valence-corrected chi connectivity index (χ0v) is 11.9. The highest BCUT2D eigenvalue weighted by atomic mass is 19.1. The van der Waals surface area contributed by atoms with Gasteiger partial charge in [0.2, 0.25) is 0 Å². The number of hydrogen-bond donors (Lipinski definition) is 1. The van der Waals surface area contributed by atoms with Gasteiger partial charge in [-0.1, -0.05) is 0 Å². The minimum atomic E-state index is -0.218. The molecule has 4 heteroatoms. The van der Waals surface area contributed by atoms with E-state index in [1.54, 1.807) is 12.1 Å². The molecule has 3 nitrogen and oxygen atoms in total. The lowest BCUT2D eigenvalue weighted by atomic mass is 10.2. The molecule has 1 saturated carbocycles. The van der Waals surface area contributed by atoms with Gasteiger partial charge in [0.25, 0.3) is 0 Å². The van der Waals surface area contributed by atoms with Gasteiger partial charge in [-0.05, 0) is 56.5 Å². The molecule has 2 fully saturated rings. The fraction of sp³-hybridized carbons (Fsp3) is 0.625. The molecule has 1 aliphatic carbocycles. The van der Waals surface area contributed by atoms with Crippen LogP contribution >= 0.6 is 0 Å². The van der Waals surface area contributed by atoms with Gasteiger partial charge in [0.15, 0.2) is 0 Å². The summed E-state index contributed by atoms with van der Waals surface area (Å²) in [4.78, 5) is 2.55. The molecule has 0 aromatic heterocycles. The van der Waals surface area contributed by atoms with Gasteiger partial charge in [0.1, 0.15) is 18.2 Å². The first kappa shape index (κ1) is 13.8. The van der Waals surface area contributed by atoms with Gasteiger partial charge in [0.05, 0.1) is 0 Å². The number of rotatable bonds is 7. The monoisotopic (exact) mass is 278 g/mol. The minimum Gasteiger partial charge on any atom is -0.492 e. The minimum absolute atomic E-state index is 0.218. The summed E-state index contributed by atoms with van der Waals surface area (Å²) in [5, 5.41) is 3.56. The third-order valence-corrected chi connectivity index (χ3v) is 4.14. The molecule has 2 aliphatic rings. The molecule has 20 heavy (non-hydrogen) atoms. The van der Waals surface area contributed by atoms with Crippen molar-refractivity contribution in [2.75, 3.05) is 26.2 Å². The molecule has 0 spiro atoms. The number of benzene rings is 1. The molecule has 0 bridgehead atoms. The van der Waals surface area contributed by atoms with Crippen LogP contribution in [0.5, 0.6) is 5.75 Å². The van der Waals surface area contributed by atoms with Crippen LogP contribution in [0.15, 0.2) is 24.3 Å². The van der Waals surface area contributed by atoms with E-state index in [2.05, 4.69) is 10.2 Å². The van der Waals surface area contributed by atoms with Gasteiger partial charge < -0.3 is 10.1 Å². The normalized spacial score (nSPS) is 22.4. The zero-order valence-electron chi connectivity index (χ0n) is 11.9. The maximum Gasteiger partial charge on any atom is 0.123 e. The summed E-state index contributed by atoms with van der Waals surface area (Å²) in [6.45, 7) is 3.93. The second-order valence-electron chi connectivity index (χ2n) is 5.82. The quantitative estimate of drug-likeness (QED) is 0.829. The lowest BCUT2D eigenvalue weighted by molar-refractivity contribution is 0.189. The molecule has 1 heterocycles. The van der Waals surface area contributed by atoms with Gasteiger partial charge in [-0.2, -0.15) is 0 Å². The Morgan fingerprint density at radius 2 is 2.00 bits per heavy atom. The number of nitrogens with zero attached hydrogens (tertiary/aromatic N) is 1. The topological polar surface area (TPSA) is 24.5 Å². The van der Waals surface area contributed by atoms with Crippen LogP contribution in [0.3, 0.4) is 0 Å². The zero-order chi connectivity index (χ0) is 13.8. The van der Waals surface area contributed by atoms with Gasteiger partial charge in [-0.3, -0.25) is 4.90 Å². The number of halogens is 1. The maximum atomic E-state index is 12.8. The highest BCUT2D eigenvalue weighted by molar-refractivity contribution is 5.21. The molecule has 1 aromatic rings. The molecule has 1 unspecified atom stereocenters. The average Bonchev–Trinajstić information content (AvgIpc) is 3.18. The highest BCUT2D eigenvalue weighted by Gasteiger charge is 2.30. The first-order valence-electron chi connectivity index (χ1n) is 7.67. The third-order valence-electron chi connectivity index (χ3n) is 4.14. The van der Waals surface area contributed by atoms with Crippen LogP contribution in [0.1, 0.15) is 25.7 Å². The number of nitrogens with one attached hydrogen (secondary N) is 1. The van der Waals surface area contributed by atoms with Crippen molar-refractivity contribution < 1.29 is 9.13 Å². The SMILES string of the molecule is Fc1ccc(OCCN(CC2CCCN2)C2CC2)cc1. The van der Waals surface area contributed by atoms with Crippen molar-refractivity contribution in [1.29, 1.82) is 0 Å². The largest absolute Gasteiger partial charge is 0.492 e. The van der Waals surface area contributed by atoms with Crippen LogP contribution in [-0.2, 0) is 0 Å². The fourth-order valence-electron chi connectivity index (χ4n) is 2.87. The summed E-state index contributed by atoms with van der Waals surface area (Å²) in [5.41, 5.74) is 0. The Hall–Kier alpha value is -1.13. The third kappa shape index (κ3) is 3.93. The number of ether oxygens (including phenoxy) is 1. The predicted molar refractivity (Wildman–Crippen MR) is 77.5 cm³/mol. The summed E-state index contributed by atoms with van der Waals surface area (Å²) in [6.07, 6.45) is 5.24. The average molecular weight is 278 g/mol. The second kappa shape index (κ2) is 6.55. The lowest BCUT2D eigenvalue weighted by Gasteiger charge is -2.25. The Labute approximate surface area is 120 Å². The Balaban J connectivity index is 1.43. The summed E-state index contributed by atoms with van der Waals surface area (Å²) in [7, 11) is 0. The van der Waals surface area contributed by atoms with E-state index in [1.807, 2.05) is 0 Å². The molecule has 1 N–H and O–H groups in total. The van der Waals surface area contributed by atoms with Crippen molar-refractivity contribution >= 4 is 0 Å². The van der Waals surface area contributed by atoms with Crippen molar-refractivity contribution in [1.82, 2.24) is 10.2 Å². The van der Waals surface area contributed by atoms with Crippen molar-refractivity contribution in [2.24, 2.45) is 0 Å². The first-order valence-corrected chi connectivity index (χ1v) is 7.67. The van der Waals surface area contributed by atoms with Crippen molar-refractivity contribution in [3.63, 3.8) is 0 Å². The Morgan fingerprint density at radius 3 is 2.65 bits per heavy atom. The molecular formula is C16H23FN2O. The van der Waals surface area contributed by atoms with Crippen LogP contribution in [0.4, 0.5) is 4.39 Å². The molecule has 0 radical (unpaired) electrons. The molecule has 3 rings (SSSR count). The van der Waals surface area contributed by atoms with Crippen molar-refractivity contribution in [3.05, 3.63) is 30.1 Å². The summed E-state index contributed by atoms with van der Waals surface area (Å²) >= 11 is 0. The van der Waals surface area contributed by atoms with Gasteiger partial charge in [-0.15, -0.1) is 0 Å². The predicted octanol–water partition coefficient (Wildman–Crippen LogP) is 2.42. The second-order valence-corrected chi connectivity index (χ2v) is 5.82. The van der Waals surface area contributed by atoms with Gasteiger partial charge in [-0.25, -0.2) is 4.39 Å². The van der Waals surface area contributed by atoms with Crippen LogP contribution in [0.2, 0.25) is 0 Å². The highest BCUT2D eigenvalue weighted by Crippen LogP contribution is 2.27. The van der Waals surface area contributed by atoms with E-state index in [0.717, 1.165) is 31.4 Å². The van der Waals surface area contributed by atoms with Crippen LogP contribution in [-0.4, -0.2) is 43.2 Å². The summed E-state index contributed by atoms with van der Waals surface area (Å²) in [6, 6.07) is 7.67. The van der Waals surface area contributed by atoms with Gasteiger partial charge in [0, 0.05) is 25.2 Å². The van der Waals surface area contributed by atoms with E-state index in [9.17, 15) is 4.39 Å². The Kier molecular flexibility index (Phi) is 4.53. The van der Waals surface area contributed by atoms with Crippen molar-refractivity contribution in [3.8, 4) is 5.75 Å². The summed E-state index contributed by atoms with van der Waals surface area (Å²) < 4.78 is 18.5. The molecule has 1 aromatic carbocycles. The first-order chi connectivity index (χ1) is 9.81. The van der Waals surface area contributed by atoms with Crippen LogP contribution in [0.25, 0.3) is 0 Å². The Morgan fingerprint density at radius 1 is 1.20 bits per heavy atom. The lowest BCUT2D eigenvalue weighted by Crippen LogP contribution is -2.40. The van der Waals surface area contributed by atoms with E-state index in [-0.39, 0.29) is 5.82 Å². The molecule has 1 aliphatic heterocycles. The molecule has 1 saturated heterocycles. The van der Waals surface area contributed by atoms with E-state index in [4.69, 9.17) is 4.74 Å².